The second kappa shape index (κ2) is 6.47. The Hall–Kier alpha value is -2.26. The number of hydrogen-bond acceptors (Lipinski definition) is 3. The Balaban J connectivity index is 2.18. The van der Waals surface area contributed by atoms with Crippen molar-refractivity contribution in [1.29, 1.82) is 0 Å². The summed E-state index contributed by atoms with van der Waals surface area (Å²) in [4.78, 5) is 0. The fourth-order valence-electron chi connectivity index (χ4n) is 2.76. The molecular weight excluding hydrogens is 304 g/mol. The molecule has 3 rings (SSSR count). The van der Waals surface area contributed by atoms with E-state index < -0.39 is 0 Å². The minimum atomic E-state index is 0.899. The summed E-state index contributed by atoms with van der Waals surface area (Å²) in [7, 11) is 3.44. The SMILES string of the molecule is COc1cc(C)ccc1-c1cscc1-c1ccc(C)cc1OC. The number of methoxy groups -OCH3 is 2. The largest absolute Gasteiger partial charge is 0.496 e. The molecule has 3 heteroatoms. The standard InChI is InChI=1S/C20H20O2S/c1-13-5-7-15(19(9-13)21-3)17-11-23-12-18(17)16-8-6-14(2)10-20(16)22-4/h5-12H,1-4H3. The third kappa shape index (κ3) is 2.97. The number of hydrogen-bond donors (Lipinski definition) is 0. The fourth-order valence-corrected chi connectivity index (χ4v) is 3.60. The van der Waals surface area contributed by atoms with Crippen molar-refractivity contribution >= 4 is 11.3 Å². The number of ether oxygens (including phenoxy) is 2. The molecule has 0 aliphatic heterocycles. The minimum Gasteiger partial charge on any atom is -0.496 e. The average Bonchev–Trinajstić information content (AvgIpc) is 3.03. The normalized spacial score (nSPS) is 10.6. The molecule has 0 spiro atoms. The Bertz CT molecular complexity index is 765. The summed E-state index contributed by atoms with van der Waals surface area (Å²) in [6.07, 6.45) is 0. The van der Waals surface area contributed by atoms with Gasteiger partial charge in [-0.1, -0.05) is 24.3 Å². The smallest absolute Gasteiger partial charge is 0.126 e. The molecule has 2 nitrogen and oxygen atoms in total. The first-order valence-electron chi connectivity index (χ1n) is 7.50. The predicted molar refractivity (Wildman–Crippen MR) is 97.8 cm³/mol. The maximum absolute atomic E-state index is 5.59. The summed E-state index contributed by atoms with van der Waals surface area (Å²) < 4.78 is 11.2. The Morgan fingerprint density at radius 2 is 1.09 bits per heavy atom. The van der Waals surface area contributed by atoms with Gasteiger partial charge in [-0.15, -0.1) is 0 Å². The second-order valence-corrected chi connectivity index (χ2v) is 6.35. The van der Waals surface area contributed by atoms with Gasteiger partial charge in [0.05, 0.1) is 14.2 Å². The van der Waals surface area contributed by atoms with E-state index in [1.54, 1.807) is 25.6 Å². The monoisotopic (exact) mass is 324 g/mol. The zero-order chi connectivity index (χ0) is 16.4. The van der Waals surface area contributed by atoms with Gasteiger partial charge in [0.15, 0.2) is 0 Å². The lowest BCUT2D eigenvalue weighted by Crippen LogP contribution is -1.91. The van der Waals surface area contributed by atoms with Crippen LogP contribution in [0.2, 0.25) is 0 Å². The van der Waals surface area contributed by atoms with Gasteiger partial charge >= 0.3 is 0 Å². The molecule has 23 heavy (non-hydrogen) atoms. The van der Waals surface area contributed by atoms with Gasteiger partial charge in [0.25, 0.3) is 0 Å². The lowest BCUT2D eigenvalue weighted by molar-refractivity contribution is 0.415. The molecule has 118 valence electrons. The topological polar surface area (TPSA) is 18.5 Å². The Morgan fingerprint density at radius 1 is 0.652 bits per heavy atom. The van der Waals surface area contributed by atoms with Crippen LogP contribution in [0.1, 0.15) is 11.1 Å². The molecule has 0 N–H and O–H groups in total. The second-order valence-electron chi connectivity index (χ2n) is 5.61. The van der Waals surface area contributed by atoms with Crippen LogP contribution in [0.25, 0.3) is 22.3 Å². The molecule has 0 amide bonds. The Kier molecular flexibility index (Phi) is 4.39. The lowest BCUT2D eigenvalue weighted by Gasteiger charge is -2.13. The third-order valence-electron chi connectivity index (χ3n) is 3.96. The van der Waals surface area contributed by atoms with E-state index in [-0.39, 0.29) is 0 Å². The Morgan fingerprint density at radius 3 is 1.48 bits per heavy atom. The molecule has 0 atom stereocenters. The zero-order valence-electron chi connectivity index (χ0n) is 13.8. The van der Waals surface area contributed by atoms with Gasteiger partial charge in [-0.3, -0.25) is 0 Å². The molecule has 1 aromatic heterocycles. The van der Waals surface area contributed by atoms with E-state index in [0.29, 0.717) is 0 Å². The van der Waals surface area contributed by atoms with Gasteiger partial charge in [0.2, 0.25) is 0 Å². The molecule has 0 radical (unpaired) electrons. The molecule has 0 aliphatic rings. The first-order chi connectivity index (χ1) is 11.1. The van der Waals surface area contributed by atoms with Crippen molar-refractivity contribution in [2.24, 2.45) is 0 Å². The number of rotatable bonds is 4. The highest BCUT2D eigenvalue weighted by Gasteiger charge is 2.16. The van der Waals surface area contributed by atoms with Crippen molar-refractivity contribution in [3.05, 3.63) is 58.3 Å². The summed E-state index contributed by atoms with van der Waals surface area (Å²) in [6, 6.07) is 12.6. The third-order valence-corrected chi connectivity index (χ3v) is 4.70. The molecule has 1 heterocycles. The highest BCUT2D eigenvalue weighted by molar-refractivity contribution is 7.08. The van der Waals surface area contributed by atoms with Crippen LogP contribution < -0.4 is 9.47 Å². The van der Waals surface area contributed by atoms with Crippen molar-refractivity contribution in [3.8, 4) is 33.8 Å². The molecule has 0 bridgehead atoms. The maximum atomic E-state index is 5.59. The minimum absolute atomic E-state index is 0.899. The van der Waals surface area contributed by atoms with Crippen molar-refractivity contribution in [2.45, 2.75) is 13.8 Å². The van der Waals surface area contributed by atoms with Gasteiger partial charge in [-0.2, -0.15) is 11.3 Å². The van der Waals surface area contributed by atoms with Crippen LogP contribution in [0.5, 0.6) is 11.5 Å². The summed E-state index contributed by atoms with van der Waals surface area (Å²) >= 11 is 1.69. The summed E-state index contributed by atoms with van der Waals surface area (Å²) in [5.41, 5.74) is 6.95. The predicted octanol–water partition coefficient (Wildman–Crippen LogP) is 5.72. The van der Waals surface area contributed by atoms with Crippen LogP contribution in [0.15, 0.2) is 47.2 Å². The van der Waals surface area contributed by atoms with Gasteiger partial charge in [-0.05, 0) is 47.9 Å². The van der Waals surface area contributed by atoms with E-state index in [4.69, 9.17) is 9.47 Å². The van der Waals surface area contributed by atoms with Crippen LogP contribution in [-0.4, -0.2) is 14.2 Å². The molecular formula is C20H20O2S. The van der Waals surface area contributed by atoms with E-state index in [2.05, 4.69) is 61.0 Å². The summed E-state index contributed by atoms with van der Waals surface area (Å²) in [5.74, 6) is 1.80. The maximum Gasteiger partial charge on any atom is 0.126 e. The highest BCUT2D eigenvalue weighted by Crippen LogP contribution is 2.43. The Labute approximate surface area is 141 Å². The van der Waals surface area contributed by atoms with E-state index >= 15 is 0 Å². The van der Waals surface area contributed by atoms with E-state index in [1.165, 1.54) is 22.3 Å². The number of thiophene rings is 1. The van der Waals surface area contributed by atoms with E-state index in [0.717, 1.165) is 22.6 Å². The number of benzene rings is 2. The summed E-state index contributed by atoms with van der Waals surface area (Å²) in [5, 5.41) is 4.34. The van der Waals surface area contributed by atoms with Crippen LogP contribution in [0.3, 0.4) is 0 Å². The van der Waals surface area contributed by atoms with Gasteiger partial charge in [0.1, 0.15) is 11.5 Å². The quantitative estimate of drug-likeness (QED) is 0.611. The lowest BCUT2D eigenvalue weighted by atomic mass is 9.96. The average molecular weight is 324 g/mol. The van der Waals surface area contributed by atoms with Crippen molar-refractivity contribution in [2.75, 3.05) is 14.2 Å². The van der Waals surface area contributed by atoms with Crippen molar-refractivity contribution in [3.63, 3.8) is 0 Å². The van der Waals surface area contributed by atoms with E-state index in [9.17, 15) is 0 Å². The van der Waals surface area contributed by atoms with Gasteiger partial charge in [-0.25, -0.2) is 0 Å². The van der Waals surface area contributed by atoms with Crippen LogP contribution in [0, 0.1) is 13.8 Å². The fraction of sp³-hybridized carbons (Fsp3) is 0.200. The first-order valence-corrected chi connectivity index (χ1v) is 8.44. The molecule has 3 aromatic rings. The molecule has 0 fully saturated rings. The highest BCUT2D eigenvalue weighted by atomic mass is 32.1. The van der Waals surface area contributed by atoms with Crippen molar-refractivity contribution in [1.82, 2.24) is 0 Å². The van der Waals surface area contributed by atoms with Crippen molar-refractivity contribution < 1.29 is 9.47 Å². The van der Waals surface area contributed by atoms with Crippen LogP contribution >= 0.6 is 11.3 Å². The van der Waals surface area contributed by atoms with Gasteiger partial charge in [0, 0.05) is 22.3 Å². The molecule has 0 saturated heterocycles. The van der Waals surface area contributed by atoms with Crippen LogP contribution in [-0.2, 0) is 0 Å². The molecule has 0 aliphatic carbocycles. The molecule has 2 aromatic carbocycles. The number of aryl methyl sites for hydroxylation is 2. The summed E-state index contributed by atoms with van der Waals surface area (Å²) in [6.45, 7) is 4.15. The molecule has 0 unspecified atom stereocenters. The molecule has 0 saturated carbocycles. The zero-order valence-corrected chi connectivity index (χ0v) is 14.7. The van der Waals surface area contributed by atoms with Gasteiger partial charge < -0.3 is 9.47 Å². The first kappa shape index (κ1) is 15.6. The van der Waals surface area contributed by atoms with E-state index in [1.807, 2.05) is 0 Å². The van der Waals surface area contributed by atoms with Crippen LogP contribution in [0.4, 0.5) is 0 Å².